The van der Waals surface area contributed by atoms with Crippen LogP contribution in [0.4, 0.5) is 0 Å². The second kappa shape index (κ2) is 12.6. The zero-order valence-electron chi connectivity index (χ0n) is 20.2. The molecule has 0 fully saturated rings. The fraction of sp³-hybridized carbons (Fsp3) is 0.226. The van der Waals surface area contributed by atoms with Crippen molar-refractivity contribution in [3.63, 3.8) is 0 Å². The van der Waals surface area contributed by atoms with Crippen molar-refractivity contribution in [3.8, 4) is 0 Å². The highest BCUT2D eigenvalue weighted by molar-refractivity contribution is 7.85. The lowest BCUT2D eigenvalue weighted by Crippen LogP contribution is -2.46. The summed E-state index contributed by atoms with van der Waals surface area (Å²) >= 11 is 0. The quantitative estimate of drug-likeness (QED) is 0.294. The molecule has 1 unspecified atom stereocenters. The van der Waals surface area contributed by atoms with Crippen molar-refractivity contribution in [2.75, 3.05) is 5.75 Å². The van der Waals surface area contributed by atoms with E-state index in [2.05, 4.69) is 41.3 Å². The lowest BCUT2D eigenvalue weighted by Gasteiger charge is -2.35. The topological polar surface area (TPSA) is 40.5 Å². The predicted molar refractivity (Wildman–Crippen MR) is 145 cm³/mol. The molecule has 180 valence electrons. The molecule has 0 amide bonds. The first-order chi connectivity index (χ1) is 17.1. The predicted octanol–water partition coefficient (Wildman–Crippen LogP) is 5.78. The smallest absolute Gasteiger partial charge is 0.0817 e. The zero-order valence-corrected chi connectivity index (χ0v) is 21.0. The molecule has 0 aliphatic heterocycles. The van der Waals surface area contributed by atoms with Gasteiger partial charge in [0.2, 0.25) is 0 Å². The van der Waals surface area contributed by atoms with Gasteiger partial charge >= 0.3 is 0 Å². The number of hydrogen-bond donors (Lipinski definition) is 1. The Morgan fingerprint density at radius 2 is 1.14 bits per heavy atom. The maximum atomic E-state index is 13.2. The summed E-state index contributed by atoms with van der Waals surface area (Å²) < 4.78 is 13.2. The van der Waals surface area contributed by atoms with Crippen LogP contribution in [0, 0.1) is 6.92 Å². The lowest BCUT2D eigenvalue weighted by atomic mass is 9.98. The van der Waals surface area contributed by atoms with E-state index in [0.717, 1.165) is 16.0 Å². The standard InChI is InChI=1S/C31H33NO2S/c1-25-17-19-29(20-18-25)35(34)24-31(33)30(21-26-11-5-2-6-12-26)32(22-27-13-7-3-8-14-27)23-28-15-9-4-10-16-28/h2-20,30-31,33H,21-24H2,1H3/t30-,31-,35?/m0/s1. The minimum atomic E-state index is -1.29. The van der Waals surface area contributed by atoms with Crippen molar-refractivity contribution in [3.05, 3.63) is 138 Å². The van der Waals surface area contributed by atoms with Gasteiger partial charge in [0.05, 0.1) is 22.7 Å². The second-order valence-corrected chi connectivity index (χ2v) is 10.5. The average Bonchev–Trinajstić information content (AvgIpc) is 2.89. The van der Waals surface area contributed by atoms with Crippen LogP contribution < -0.4 is 0 Å². The minimum Gasteiger partial charge on any atom is -0.391 e. The first-order valence-corrected chi connectivity index (χ1v) is 13.4. The summed E-state index contributed by atoms with van der Waals surface area (Å²) in [6, 6.07) is 38.5. The first kappa shape index (κ1) is 25.1. The van der Waals surface area contributed by atoms with E-state index in [9.17, 15) is 9.32 Å². The van der Waals surface area contributed by atoms with Gasteiger partial charge in [0.15, 0.2) is 0 Å². The Bertz CT molecular complexity index is 1140. The lowest BCUT2D eigenvalue weighted by molar-refractivity contribution is 0.0529. The van der Waals surface area contributed by atoms with Gasteiger partial charge in [-0.3, -0.25) is 9.11 Å². The Morgan fingerprint density at radius 1 is 0.686 bits per heavy atom. The van der Waals surface area contributed by atoms with Gasteiger partial charge in [0.25, 0.3) is 0 Å². The number of benzene rings is 4. The van der Waals surface area contributed by atoms with E-state index < -0.39 is 16.9 Å². The zero-order chi connectivity index (χ0) is 24.5. The largest absolute Gasteiger partial charge is 0.391 e. The molecule has 0 spiro atoms. The van der Waals surface area contributed by atoms with Crippen LogP contribution in [0.1, 0.15) is 22.3 Å². The number of hydrogen-bond acceptors (Lipinski definition) is 3. The summed E-state index contributed by atoms with van der Waals surface area (Å²) in [4.78, 5) is 3.08. The van der Waals surface area contributed by atoms with Gasteiger partial charge in [-0.25, -0.2) is 0 Å². The van der Waals surface area contributed by atoms with Gasteiger partial charge in [-0.2, -0.15) is 0 Å². The molecule has 0 aliphatic carbocycles. The molecule has 4 aromatic rings. The fourth-order valence-electron chi connectivity index (χ4n) is 4.34. The summed E-state index contributed by atoms with van der Waals surface area (Å²) in [5.74, 6) is 0.195. The SMILES string of the molecule is Cc1ccc(S(=O)C[C@H](O)[C@H](Cc2ccccc2)N(Cc2ccccc2)Cc2ccccc2)cc1. The molecule has 35 heavy (non-hydrogen) atoms. The molecule has 1 N–H and O–H groups in total. The molecule has 4 rings (SSSR count). The Morgan fingerprint density at radius 3 is 1.63 bits per heavy atom. The third-order valence-corrected chi connectivity index (χ3v) is 7.71. The summed E-state index contributed by atoms with van der Waals surface area (Å²) in [7, 11) is -1.29. The highest BCUT2D eigenvalue weighted by atomic mass is 32.2. The molecule has 0 saturated heterocycles. The van der Waals surface area contributed by atoms with Crippen LogP contribution in [0.2, 0.25) is 0 Å². The van der Waals surface area contributed by atoms with E-state index >= 15 is 0 Å². The van der Waals surface area contributed by atoms with Crippen molar-refractivity contribution < 1.29 is 9.32 Å². The maximum Gasteiger partial charge on any atom is 0.0817 e. The van der Waals surface area contributed by atoms with E-state index in [-0.39, 0.29) is 11.8 Å². The molecule has 0 bridgehead atoms. The van der Waals surface area contributed by atoms with Crippen molar-refractivity contribution in [1.82, 2.24) is 4.90 Å². The Labute approximate surface area is 211 Å². The minimum absolute atomic E-state index is 0.195. The van der Waals surface area contributed by atoms with Crippen LogP contribution in [0.5, 0.6) is 0 Å². The number of rotatable bonds is 11. The Balaban J connectivity index is 1.63. The van der Waals surface area contributed by atoms with Crippen LogP contribution in [0.3, 0.4) is 0 Å². The van der Waals surface area contributed by atoms with Crippen molar-refractivity contribution >= 4 is 10.8 Å². The first-order valence-electron chi connectivity index (χ1n) is 12.1. The molecule has 3 atom stereocenters. The normalized spacial score (nSPS) is 13.9. The summed E-state index contributed by atoms with van der Waals surface area (Å²) in [6.07, 6.45) is -0.0861. The van der Waals surface area contributed by atoms with Crippen molar-refractivity contribution in [2.45, 2.75) is 43.5 Å². The number of aliphatic hydroxyl groups excluding tert-OH is 1. The second-order valence-electron chi connectivity index (χ2n) is 9.03. The Hall–Kier alpha value is -3.05. The van der Waals surface area contributed by atoms with E-state index in [0.29, 0.717) is 19.5 Å². The van der Waals surface area contributed by atoms with Crippen LogP contribution in [0.25, 0.3) is 0 Å². The monoisotopic (exact) mass is 483 g/mol. The molecule has 0 radical (unpaired) electrons. The van der Waals surface area contributed by atoms with Crippen LogP contribution in [-0.4, -0.2) is 32.1 Å². The van der Waals surface area contributed by atoms with Crippen LogP contribution >= 0.6 is 0 Å². The maximum absolute atomic E-state index is 13.2. The molecule has 0 heterocycles. The van der Waals surface area contributed by atoms with Gasteiger partial charge < -0.3 is 5.11 Å². The third kappa shape index (κ3) is 7.46. The van der Waals surface area contributed by atoms with Crippen LogP contribution in [-0.2, 0) is 30.3 Å². The van der Waals surface area contributed by atoms with Gasteiger partial charge in [-0.1, -0.05) is 109 Å². The summed E-state index contributed by atoms with van der Waals surface area (Å²) in [6.45, 7) is 3.41. The Kier molecular flexibility index (Phi) is 9.02. The molecule has 0 aliphatic rings. The fourth-order valence-corrected chi connectivity index (χ4v) is 5.51. The molecule has 3 nitrogen and oxygen atoms in total. The van der Waals surface area contributed by atoms with Gasteiger partial charge in [0, 0.05) is 24.0 Å². The van der Waals surface area contributed by atoms with Gasteiger partial charge in [-0.05, 0) is 42.2 Å². The molecule has 4 aromatic carbocycles. The number of aryl methyl sites for hydroxylation is 1. The van der Waals surface area contributed by atoms with E-state index in [1.807, 2.05) is 85.8 Å². The van der Waals surface area contributed by atoms with Gasteiger partial charge in [0.1, 0.15) is 0 Å². The van der Waals surface area contributed by atoms with Crippen LogP contribution in [0.15, 0.2) is 120 Å². The molecule has 0 aromatic heterocycles. The highest BCUT2D eigenvalue weighted by Gasteiger charge is 2.28. The summed E-state index contributed by atoms with van der Waals surface area (Å²) in [5.41, 5.74) is 4.66. The highest BCUT2D eigenvalue weighted by Crippen LogP contribution is 2.21. The van der Waals surface area contributed by atoms with E-state index in [4.69, 9.17) is 0 Å². The molecule has 4 heteroatoms. The van der Waals surface area contributed by atoms with E-state index in [1.165, 1.54) is 11.1 Å². The average molecular weight is 484 g/mol. The molecular weight excluding hydrogens is 450 g/mol. The molecule has 0 saturated carbocycles. The molecular formula is C31H33NO2S. The summed E-state index contributed by atoms with van der Waals surface area (Å²) in [5, 5.41) is 11.5. The van der Waals surface area contributed by atoms with Crippen molar-refractivity contribution in [2.24, 2.45) is 0 Å². The number of nitrogens with zero attached hydrogens (tertiary/aromatic N) is 1. The third-order valence-electron chi connectivity index (χ3n) is 6.26. The van der Waals surface area contributed by atoms with E-state index in [1.54, 1.807) is 0 Å². The number of aliphatic hydroxyl groups is 1. The van der Waals surface area contributed by atoms with Crippen molar-refractivity contribution in [1.29, 1.82) is 0 Å². The van der Waals surface area contributed by atoms with Gasteiger partial charge in [-0.15, -0.1) is 0 Å².